The molecule has 0 aliphatic heterocycles. The van der Waals surface area contributed by atoms with Crippen LogP contribution in [0.5, 0.6) is 5.75 Å². The van der Waals surface area contributed by atoms with E-state index in [2.05, 4.69) is 10.3 Å². The first-order valence-electron chi connectivity index (χ1n) is 6.31. The molecule has 104 valence electrons. The Balaban J connectivity index is 2.17. The summed E-state index contributed by atoms with van der Waals surface area (Å²) in [5.41, 5.74) is 0.771. The van der Waals surface area contributed by atoms with Crippen LogP contribution in [0.2, 0.25) is 0 Å². The molecule has 1 amide bonds. The van der Waals surface area contributed by atoms with Crippen LogP contribution in [0.15, 0.2) is 42.7 Å². The lowest BCUT2D eigenvalue weighted by atomic mass is 10.1. The smallest absolute Gasteiger partial charge is 0.254 e. The SMILES string of the molecule is CC[C@@H](NC(=O)c1ccc(O)cc1F)c1cccnc1. The van der Waals surface area contributed by atoms with E-state index in [0.29, 0.717) is 6.42 Å². The number of rotatable bonds is 4. The number of nitrogens with zero attached hydrogens (tertiary/aromatic N) is 1. The average Bonchev–Trinajstić information content (AvgIpc) is 2.45. The van der Waals surface area contributed by atoms with E-state index in [-0.39, 0.29) is 17.4 Å². The fraction of sp³-hybridized carbons (Fsp3) is 0.200. The Labute approximate surface area is 116 Å². The molecule has 0 aliphatic rings. The molecule has 0 fully saturated rings. The van der Waals surface area contributed by atoms with Gasteiger partial charge in [0.15, 0.2) is 0 Å². The molecule has 1 aromatic carbocycles. The van der Waals surface area contributed by atoms with E-state index in [1.807, 2.05) is 13.0 Å². The molecule has 4 nitrogen and oxygen atoms in total. The Hall–Kier alpha value is -2.43. The van der Waals surface area contributed by atoms with Crippen molar-refractivity contribution in [3.63, 3.8) is 0 Å². The number of amides is 1. The number of carbonyl (C=O) groups is 1. The van der Waals surface area contributed by atoms with Gasteiger partial charge in [0, 0.05) is 18.5 Å². The predicted octanol–water partition coefficient (Wildman–Crippen LogP) is 2.81. The van der Waals surface area contributed by atoms with Gasteiger partial charge in [-0.1, -0.05) is 13.0 Å². The summed E-state index contributed by atoms with van der Waals surface area (Å²) in [5, 5.41) is 11.9. The summed E-state index contributed by atoms with van der Waals surface area (Å²) in [7, 11) is 0. The van der Waals surface area contributed by atoms with E-state index in [4.69, 9.17) is 5.11 Å². The molecule has 0 saturated carbocycles. The van der Waals surface area contributed by atoms with E-state index >= 15 is 0 Å². The molecule has 0 spiro atoms. The van der Waals surface area contributed by atoms with Crippen LogP contribution in [0, 0.1) is 5.82 Å². The second-order valence-electron chi connectivity index (χ2n) is 4.38. The minimum Gasteiger partial charge on any atom is -0.508 e. The number of phenolic OH excluding ortho intramolecular Hbond substituents is 1. The molecule has 1 atom stereocenters. The molecule has 0 bridgehead atoms. The fourth-order valence-corrected chi connectivity index (χ4v) is 1.93. The third-order valence-electron chi connectivity index (χ3n) is 3.00. The first-order chi connectivity index (χ1) is 9.61. The van der Waals surface area contributed by atoms with Crippen molar-refractivity contribution in [3.05, 3.63) is 59.7 Å². The standard InChI is InChI=1S/C15H15FN2O2/c1-2-14(10-4-3-7-17-9-10)18-15(20)12-6-5-11(19)8-13(12)16/h3-9,14,19H,2H2,1H3,(H,18,20)/t14-/m1/s1. The maximum Gasteiger partial charge on any atom is 0.254 e. The Morgan fingerprint density at radius 3 is 2.85 bits per heavy atom. The molecular weight excluding hydrogens is 259 g/mol. The number of benzene rings is 1. The largest absolute Gasteiger partial charge is 0.508 e. The molecule has 20 heavy (non-hydrogen) atoms. The quantitative estimate of drug-likeness (QED) is 0.901. The Morgan fingerprint density at radius 2 is 2.25 bits per heavy atom. The molecular formula is C15H15FN2O2. The zero-order valence-electron chi connectivity index (χ0n) is 11.0. The number of pyridine rings is 1. The minimum atomic E-state index is -0.747. The molecule has 0 unspecified atom stereocenters. The summed E-state index contributed by atoms with van der Waals surface area (Å²) in [6, 6.07) is 6.86. The van der Waals surface area contributed by atoms with Crippen molar-refractivity contribution in [1.29, 1.82) is 0 Å². The highest BCUT2D eigenvalue weighted by atomic mass is 19.1. The molecule has 0 radical (unpaired) electrons. The first kappa shape index (κ1) is 14.0. The van der Waals surface area contributed by atoms with E-state index < -0.39 is 11.7 Å². The Kier molecular flexibility index (Phi) is 4.30. The van der Waals surface area contributed by atoms with Crippen LogP contribution >= 0.6 is 0 Å². The lowest BCUT2D eigenvalue weighted by Crippen LogP contribution is -2.28. The van der Waals surface area contributed by atoms with Crippen molar-refractivity contribution >= 4 is 5.91 Å². The van der Waals surface area contributed by atoms with Crippen molar-refractivity contribution in [2.24, 2.45) is 0 Å². The predicted molar refractivity (Wildman–Crippen MR) is 72.8 cm³/mol. The highest BCUT2D eigenvalue weighted by Gasteiger charge is 2.17. The number of halogens is 1. The number of hydrogen-bond acceptors (Lipinski definition) is 3. The van der Waals surface area contributed by atoms with E-state index in [1.54, 1.807) is 18.5 Å². The Morgan fingerprint density at radius 1 is 1.45 bits per heavy atom. The van der Waals surface area contributed by atoms with Gasteiger partial charge in [-0.25, -0.2) is 4.39 Å². The van der Waals surface area contributed by atoms with Gasteiger partial charge in [-0.15, -0.1) is 0 Å². The number of aromatic hydroxyl groups is 1. The first-order valence-corrected chi connectivity index (χ1v) is 6.31. The van der Waals surface area contributed by atoms with E-state index in [9.17, 15) is 9.18 Å². The van der Waals surface area contributed by atoms with Crippen molar-refractivity contribution in [2.75, 3.05) is 0 Å². The van der Waals surface area contributed by atoms with Gasteiger partial charge in [-0.3, -0.25) is 9.78 Å². The number of nitrogens with one attached hydrogen (secondary N) is 1. The van der Waals surface area contributed by atoms with Crippen LogP contribution in [0.3, 0.4) is 0 Å². The summed E-state index contributed by atoms with van der Waals surface area (Å²) in [6.45, 7) is 1.92. The number of phenols is 1. The van der Waals surface area contributed by atoms with Gasteiger partial charge in [0.2, 0.25) is 0 Å². The zero-order chi connectivity index (χ0) is 14.5. The van der Waals surface area contributed by atoms with Gasteiger partial charge in [0.1, 0.15) is 11.6 Å². The molecule has 0 aliphatic carbocycles. The second-order valence-corrected chi connectivity index (χ2v) is 4.38. The van der Waals surface area contributed by atoms with E-state index in [0.717, 1.165) is 11.6 Å². The maximum atomic E-state index is 13.6. The van der Waals surface area contributed by atoms with Gasteiger partial charge in [-0.05, 0) is 30.2 Å². The maximum absolute atomic E-state index is 13.6. The van der Waals surface area contributed by atoms with Crippen LogP contribution in [0.4, 0.5) is 4.39 Å². The number of carbonyl (C=O) groups excluding carboxylic acids is 1. The summed E-state index contributed by atoms with van der Waals surface area (Å²) < 4.78 is 13.6. The molecule has 2 aromatic rings. The number of hydrogen-bond donors (Lipinski definition) is 2. The lowest BCUT2D eigenvalue weighted by Gasteiger charge is -2.17. The second kappa shape index (κ2) is 6.14. The van der Waals surface area contributed by atoms with Gasteiger partial charge in [-0.2, -0.15) is 0 Å². The summed E-state index contributed by atoms with van der Waals surface area (Å²) in [6.07, 6.45) is 3.98. The highest BCUT2D eigenvalue weighted by Crippen LogP contribution is 2.18. The van der Waals surface area contributed by atoms with Crippen LogP contribution in [-0.4, -0.2) is 16.0 Å². The summed E-state index contributed by atoms with van der Waals surface area (Å²) >= 11 is 0. The van der Waals surface area contributed by atoms with Crippen molar-refractivity contribution in [1.82, 2.24) is 10.3 Å². The van der Waals surface area contributed by atoms with Crippen molar-refractivity contribution in [3.8, 4) is 5.75 Å². The molecule has 1 heterocycles. The third kappa shape index (κ3) is 3.12. The summed E-state index contributed by atoms with van der Waals surface area (Å²) in [4.78, 5) is 16.1. The van der Waals surface area contributed by atoms with Gasteiger partial charge < -0.3 is 10.4 Å². The lowest BCUT2D eigenvalue weighted by molar-refractivity contribution is 0.0931. The van der Waals surface area contributed by atoms with Crippen LogP contribution in [0.25, 0.3) is 0 Å². The average molecular weight is 274 g/mol. The molecule has 1 aromatic heterocycles. The fourth-order valence-electron chi connectivity index (χ4n) is 1.93. The monoisotopic (exact) mass is 274 g/mol. The van der Waals surface area contributed by atoms with Gasteiger partial charge in [0.05, 0.1) is 11.6 Å². The molecule has 0 saturated heterocycles. The zero-order valence-corrected chi connectivity index (χ0v) is 11.0. The van der Waals surface area contributed by atoms with Crippen molar-refractivity contribution in [2.45, 2.75) is 19.4 Å². The van der Waals surface area contributed by atoms with Gasteiger partial charge >= 0.3 is 0 Å². The minimum absolute atomic E-state index is 0.0925. The van der Waals surface area contributed by atoms with Crippen LogP contribution < -0.4 is 5.32 Å². The van der Waals surface area contributed by atoms with Crippen LogP contribution in [-0.2, 0) is 0 Å². The normalized spacial score (nSPS) is 11.9. The van der Waals surface area contributed by atoms with Crippen molar-refractivity contribution < 1.29 is 14.3 Å². The van der Waals surface area contributed by atoms with Gasteiger partial charge in [0.25, 0.3) is 5.91 Å². The topological polar surface area (TPSA) is 62.2 Å². The molecule has 5 heteroatoms. The summed E-state index contributed by atoms with van der Waals surface area (Å²) in [5.74, 6) is -1.47. The van der Waals surface area contributed by atoms with Crippen LogP contribution in [0.1, 0.15) is 35.3 Å². The third-order valence-corrected chi connectivity index (χ3v) is 3.00. The molecule has 2 rings (SSSR count). The Bertz CT molecular complexity index is 602. The van der Waals surface area contributed by atoms with E-state index in [1.165, 1.54) is 12.1 Å². The number of aromatic nitrogens is 1. The highest BCUT2D eigenvalue weighted by molar-refractivity contribution is 5.94. The molecule has 2 N–H and O–H groups in total.